The minimum atomic E-state index is 0.968. The highest BCUT2D eigenvalue weighted by atomic mass is 32.2. The lowest BCUT2D eigenvalue weighted by Crippen LogP contribution is -2.31. The zero-order valence-corrected chi connectivity index (χ0v) is 10.1. The summed E-state index contributed by atoms with van der Waals surface area (Å²) < 4.78 is 0. The Morgan fingerprint density at radius 1 is 1.21 bits per heavy atom. The number of hydrogen-bond donors (Lipinski definition) is 1. The molecule has 2 fully saturated rings. The van der Waals surface area contributed by atoms with Gasteiger partial charge in [0, 0.05) is 5.25 Å². The van der Waals surface area contributed by atoms with Gasteiger partial charge in [0.1, 0.15) is 0 Å². The Balaban J connectivity index is 1.91. The highest BCUT2D eigenvalue weighted by molar-refractivity contribution is 8.00. The van der Waals surface area contributed by atoms with Crippen LogP contribution in [-0.2, 0) is 0 Å². The maximum atomic E-state index is 3.41. The van der Waals surface area contributed by atoms with Crippen molar-refractivity contribution in [1.82, 2.24) is 5.32 Å². The monoisotopic (exact) mass is 213 g/mol. The fourth-order valence-electron chi connectivity index (χ4n) is 3.16. The molecule has 1 saturated heterocycles. The maximum absolute atomic E-state index is 3.41. The van der Waals surface area contributed by atoms with Gasteiger partial charge in [-0.05, 0) is 44.0 Å². The number of hydrogen-bond acceptors (Lipinski definition) is 2. The molecule has 1 aliphatic carbocycles. The van der Waals surface area contributed by atoms with Crippen LogP contribution in [0.2, 0.25) is 0 Å². The van der Waals surface area contributed by atoms with Gasteiger partial charge >= 0.3 is 0 Å². The van der Waals surface area contributed by atoms with Crippen LogP contribution in [0.3, 0.4) is 0 Å². The lowest BCUT2D eigenvalue weighted by molar-refractivity contribution is 0.317. The zero-order valence-electron chi connectivity index (χ0n) is 9.30. The second-order valence-corrected chi connectivity index (χ2v) is 6.16. The van der Waals surface area contributed by atoms with Crippen LogP contribution in [0.15, 0.2) is 0 Å². The van der Waals surface area contributed by atoms with Crippen LogP contribution < -0.4 is 5.32 Å². The molecule has 2 aliphatic rings. The van der Waals surface area contributed by atoms with Crippen molar-refractivity contribution in [3.05, 3.63) is 0 Å². The predicted molar refractivity (Wildman–Crippen MR) is 64.9 cm³/mol. The first-order chi connectivity index (χ1) is 6.92. The molecule has 0 spiro atoms. The highest BCUT2D eigenvalue weighted by Gasteiger charge is 2.32. The lowest BCUT2D eigenvalue weighted by atomic mass is 9.86. The van der Waals surface area contributed by atoms with Crippen molar-refractivity contribution in [3.63, 3.8) is 0 Å². The third-order valence-electron chi connectivity index (χ3n) is 3.89. The molecule has 0 aromatic heterocycles. The predicted octanol–water partition coefficient (Wildman–Crippen LogP) is 2.91. The van der Waals surface area contributed by atoms with Gasteiger partial charge in [0.05, 0.1) is 0 Å². The molecule has 1 saturated carbocycles. The van der Waals surface area contributed by atoms with E-state index in [4.69, 9.17) is 0 Å². The summed E-state index contributed by atoms with van der Waals surface area (Å²) in [5.41, 5.74) is 0. The van der Waals surface area contributed by atoms with Crippen molar-refractivity contribution in [2.45, 2.75) is 43.8 Å². The summed E-state index contributed by atoms with van der Waals surface area (Å²) in [6.07, 6.45) is 8.92. The molecule has 2 unspecified atom stereocenters. The maximum Gasteiger partial charge on any atom is 0.00903 e. The molecule has 0 bridgehead atoms. The molecular formula is C12H23NS. The summed E-state index contributed by atoms with van der Waals surface area (Å²) in [6, 6.07) is 0. The Kier molecular flexibility index (Phi) is 4.18. The fourth-order valence-corrected chi connectivity index (χ4v) is 4.70. The third-order valence-corrected chi connectivity index (χ3v) is 5.43. The Labute approximate surface area is 92.4 Å². The lowest BCUT2D eigenvalue weighted by Gasteiger charge is -2.28. The first kappa shape index (κ1) is 10.8. The molecule has 1 heterocycles. The van der Waals surface area contributed by atoms with E-state index in [1.807, 2.05) is 0 Å². The van der Waals surface area contributed by atoms with Crippen molar-refractivity contribution in [1.29, 1.82) is 0 Å². The molecule has 2 atom stereocenters. The van der Waals surface area contributed by atoms with Crippen LogP contribution in [0.5, 0.6) is 0 Å². The van der Waals surface area contributed by atoms with E-state index in [9.17, 15) is 0 Å². The topological polar surface area (TPSA) is 12.0 Å². The average molecular weight is 213 g/mol. The van der Waals surface area contributed by atoms with Crippen LogP contribution >= 0.6 is 11.8 Å². The summed E-state index contributed by atoms with van der Waals surface area (Å²) in [6.45, 7) is 1.25. The van der Waals surface area contributed by atoms with Crippen LogP contribution in [-0.4, -0.2) is 24.6 Å². The molecule has 0 aromatic carbocycles. The van der Waals surface area contributed by atoms with E-state index in [2.05, 4.69) is 24.1 Å². The van der Waals surface area contributed by atoms with Gasteiger partial charge < -0.3 is 5.32 Å². The summed E-state index contributed by atoms with van der Waals surface area (Å²) >= 11 is 2.24. The molecule has 0 radical (unpaired) electrons. The number of rotatable bonds is 4. The van der Waals surface area contributed by atoms with E-state index in [0.717, 1.165) is 17.1 Å². The Hall–Kier alpha value is 0.310. The van der Waals surface area contributed by atoms with Gasteiger partial charge in [0.25, 0.3) is 0 Å². The Morgan fingerprint density at radius 3 is 2.57 bits per heavy atom. The van der Waals surface area contributed by atoms with Gasteiger partial charge in [0.15, 0.2) is 0 Å². The molecule has 0 aromatic rings. The molecule has 1 nitrogen and oxygen atoms in total. The summed E-state index contributed by atoms with van der Waals surface area (Å²) in [4.78, 5) is 0. The van der Waals surface area contributed by atoms with E-state index in [1.54, 1.807) is 0 Å². The van der Waals surface area contributed by atoms with Gasteiger partial charge in [-0.3, -0.25) is 0 Å². The second kappa shape index (κ2) is 5.41. The Bertz CT molecular complexity index is 144. The van der Waals surface area contributed by atoms with Crippen LogP contribution in [0.25, 0.3) is 0 Å². The van der Waals surface area contributed by atoms with Gasteiger partial charge in [-0.25, -0.2) is 0 Å². The van der Waals surface area contributed by atoms with E-state index in [1.165, 1.54) is 50.8 Å². The van der Waals surface area contributed by atoms with Crippen LogP contribution in [0.1, 0.15) is 38.5 Å². The van der Waals surface area contributed by atoms with Gasteiger partial charge in [-0.2, -0.15) is 11.8 Å². The molecule has 14 heavy (non-hydrogen) atoms. The normalized spacial score (nSPS) is 31.1. The van der Waals surface area contributed by atoms with Crippen molar-refractivity contribution in [2.75, 3.05) is 19.3 Å². The molecule has 2 heteroatoms. The van der Waals surface area contributed by atoms with Crippen LogP contribution in [0.4, 0.5) is 0 Å². The molecule has 2 rings (SSSR count). The summed E-state index contributed by atoms with van der Waals surface area (Å²) in [7, 11) is 2.11. The zero-order chi connectivity index (χ0) is 9.80. The van der Waals surface area contributed by atoms with E-state index < -0.39 is 0 Å². The molecule has 82 valence electrons. The summed E-state index contributed by atoms with van der Waals surface area (Å²) in [5, 5.41) is 4.39. The first-order valence-electron chi connectivity index (χ1n) is 6.18. The highest BCUT2D eigenvalue weighted by Crippen LogP contribution is 2.41. The molecule has 1 N–H and O–H groups in total. The largest absolute Gasteiger partial charge is 0.319 e. The Morgan fingerprint density at radius 2 is 2.00 bits per heavy atom. The second-order valence-electron chi connectivity index (χ2n) is 4.82. The minimum absolute atomic E-state index is 0.968. The van der Waals surface area contributed by atoms with Gasteiger partial charge in [-0.1, -0.05) is 25.7 Å². The molecule has 1 aliphatic heterocycles. The van der Waals surface area contributed by atoms with E-state index in [0.29, 0.717) is 0 Å². The van der Waals surface area contributed by atoms with Gasteiger partial charge in [-0.15, -0.1) is 0 Å². The van der Waals surface area contributed by atoms with Crippen molar-refractivity contribution in [2.24, 2.45) is 11.8 Å². The van der Waals surface area contributed by atoms with Crippen molar-refractivity contribution in [3.8, 4) is 0 Å². The first-order valence-corrected chi connectivity index (χ1v) is 7.23. The molecule has 0 amide bonds. The van der Waals surface area contributed by atoms with Gasteiger partial charge in [0.2, 0.25) is 0 Å². The fraction of sp³-hybridized carbons (Fsp3) is 1.00. The van der Waals surface area contributed by atoms with E-state index in [-0.39, 0.29) is 0 Å². The average Bonchev–Trinajstić information content (AvgIpc) is 2.87. The minimum Gasteiger partial charge on any atom is -0.319 e. The van der Waals surface area contributed by atoms with Crippen molar-refractivity contribution < 1.29 is 0 Å². The van der Waals surface area contributed by atoms with Crippen LogP contribution in [0, 0.1) is 11.8 Å². The number of thioether (sulfide) groups is 1. The SMILES string of the molecule is CNCC(C1CCCC1)C1CCCS1. The summed E-state index contributed by atoms with van der Waals surface area (Å²) in [5.74, 6) is 3.42. The third kappa shape index (κ3) is 2.46. The van der Waals surface area contributed by atoms with E-state index >= 15 is 0 Å². The quantitative estimate of drug-likeness (QED) is 0.770. The standard InChI is InChI=1S/C12H23NS/c1-13-9-11(10-5-2-3-6-10)12-7-4-8-14-12/h10-13H,2-9H2,1H3. The number of nitrogens with one attached hydrogen (secondary N) is 1. The molecular weight excluding hydrogens is 190 g/mol. The smallest absolute Gasteiger partial charge is 0.00903 e. The van der Waals surface area contributed by atoms with Crippen molar-refractivity contribution >= 4 is 11.8 Å².